The van der Waals surface area contributed by atoms with E-state index in [1.165, 1.54) is 96.3 Å². The van der Waals surface area contributed by atoms with Gasteiger partial charge in [0.15, 0.2) is 0 Å². The van der Waals surface area contributed by atoms with Crippen molar-refractivity contribution < 1.29 is 28.3 Å². The molecule has 0 aromatic heterocycles. The van der Waals surface area contributed by atoms with Crippen molar-refractivity contribution in [3.63, 3.8) is 0 Å². The first-order valence-corrected chi connectivity index (χ1v) is 23.7. The van der Waals surface area contributed by atoms with Crippen LogP contribution < -0.4 is 5.09 Å². The van der Waals surface area contributed by atoms with Gasteiger partial charge in [0.1, 0.15) is 0 Å². The molecular weight excluding hydrogens is 659 g/mol. The first-order valence-electron chi connectivity index (χ1n) is 22.1. The van der Waals surface area contributed by atoms with E-state index in [0.29, 0.717) is 39.3 Å². The molecule has 0 saturated heterocycles. The summed E-state index contributed by atoms with van der Waals surface area (Å²) in [7, 11) is -3.27. The predicted molar refractivity (Wildman–Crippen MR) is 218 cm³/mol. The van der Waals surface area contributed by atoms with Gasteiger partial charge in [-0.2, -0.15) is 0 Å². The molecule has 51 heavy (non-hydrogen) atoms. The minimum absolute atomic E-state index is 0.0554. The first kappa shape index (κ1) is 50.5. The molecule has 0 rings (SSSR count). The molecule has 0 aliphatic carbocycles. The van der Waals surface area contributed by atoms with E-state index in [9.17, 15) is 14.5 Å². The Hall–Kier alpha value is -0.500. The molecule has 9 heteroatoms. The number of esters is 1. The lowest BCUT2D eigenvalue weighted by Crippen LogP contribution is -2.29. The van der Waals surface area contributed by atoms with Crippen LogP contribution in [-0.2, 0) is 23.1 Å². The maximum atomic E-state index is 13.4. The fraction of sp³-hybridized carbons (Fsp3) is 0.976. The third kappa shape index (κ3) is 37.6. The van der Waals surface area contributed by atoms with Crippen LogP contribution in [0.15, 0.2) is 0 Å². The van der Waals surface area contributed by atoms with E-state index < -0.39 is 7.75 Å². The number of carbonyl (C=O) groups is 1. The van der Waals surface area contributed by atoms with Crippen LogP contribution in [0.1, 0.15) is 213 Å². The Morgan fingerprint density at radius 1 is 0.510 bits per heavy atom. The van der Waals surface area contributed by atoms with Crippen molar-refractivity contribution in [1.29, 1.82) is 0 Å². The lowest BCUT2D eigenvalue weighted by molar-refractivity contribution is -0.143. The first-order chi connectivity index (χ1) is 25.0. The summed E-state index contributed by atoms with van der Waals surface area (Å²) in [6.45, 7) is 11.7. The summed E-state index contributed by atoms with van der Waals surface area (Å²) in [6.07, 6.45) is 34.4. The third-order valence-electron chi connectivity index (χ3n) is 9.76. The lowest BCUT2D eigenvalue weighted by atomic mass is 10.1. The molecule has 0 fully saturated rings. The number of nitrogens with zero attached hydrogens (tertiary/aromatic N) is 1. The van der Waals surface area contributed by atoms with Gasteiger partial charge in [0, 0.05) is 19.5 Å². The number of ether oxygens (including phenoxy) is 1. The fourth-order valence-electron chi connectivity index (χ4n) is 6.40. The second kappa shape index (κ2) is 40.7. The summed E-state index contributed by atoms with van der Waals surface area (Å²) in [4.78, 5) is 14.4. The number of aliphatic hydroxyl groups is 1. The van der Waals surface area contributed by atoms with Gasteiger partial charge >= 0.3 is 13.7 Å². The van der Waals surface area contributed by atoms with E-state index >= 15 is 0 Å². The number of unbranched alkanes of at least 4 members (excludes halogenated alkanes) is 24. The monoisotopic (exact) mass is 747 g/mol. The normalized spacial score (nSPS) is 12.9. The molecule has 0 aliphatic heterocycles. The van der Waals surface area contributed by atoms with Gasteiger partial charge in [0.05, 0.1) is 26.4 Å². The number of carbonyl (C=O) groups excluding carboxylic acids is 1. The molecule has 1 unspecified atom stereocenters. The van der Waals surface area contributed by atoms with Gasteiger partial charge in [-0.15, -0.1) is 0 Å². The highest BCUT2D eigenvalue weighted by molar-refractivity contribution is 7.51. The Balaban J connectivity index is 4.03. The van der Waals surface area contributed by atoms with Crippen LogP contribution in [0.5, 0.6) is 0 Å². The molecular formula is C42H87N2O6P. The Labute approximate surface area is 317 Å². The Morgan fingerprint density at radius 3 is 1.37 bits per heavy atom. The second-order valence-electron chi connectivity index (χ2n) is 14.8. The van der Waals surface area contributed by atoms with E-state index in [1.807, 2.05) is 0 Å². The minimum atomic E-state index is -3.27. The van der Waals surface area contributed by atoms with Gasteiger partial charge < -0.3 is 14.7 Å². The van der Waals surface area contributed by atoms with E-state index in [-0.39, 0.29) is 12.6 Å². The number of aliphatic hydroxyl groups excluding tert-OH is 1. The maximum absolute atomic E-state index is 13.4. The molecule has 1 atom stereocenters. The third-order valence-corrected chi connectivity index (χ3v) is 11.4. The molecule has 0 bridgehead atoms. The molecule has 0 aliphatic rings. The molecule has 2 N–H and O–H groups in total. The summed E-state index contributed by atoms with van der Waals surface area (Å²) >= 11 is 0. The molecule has 0 spiro atoms. The Morgan fingerprint density at radius 2 is 0.902 bits per heavy atom. The smallest absolute Gasteiger partial charge is 0.405 e. The molecule has 0 amide bonds. The van der Waals surface area contributed by atoms with Gasteiger partial charge in [0.2, 0.25) is 0 Å². The second-order valence-corrected chi connectivity index (χ2v) is 16.6. The SMILES string of the molecule is CCCCCCCCCCCOC(=O)CCCCCN(CCO)CCCCCCCOP(=O)(NCCCCCCCC)OCCCCCCCC. The van der Waals surface area contributed by atoms with Gasteiger partial charge in [-0.3, -0.25) is 13.8 Å². The van der Waals surface area contributed by atoms with Crippen LogP contribution in [0.25, 0.3) is 0 Å². The Kier molecular flexibility index (Phi) is 40.3. The molecule has 0 heterocycles. The molecule has 0 aromatic carbocycles. The van der Waals surface area contributed by atoms with E-state index in [0.717, 1.165) is 103 Å². The van der Waals surface area contributed by atoms with Crippen LogP contribution in [0.3, 0.4) is 0 Å². The number of hydrogen-bond donors (Lipinski definition) is 2. The molecule has 0 saturated carbocycles. The molecule has 8 nitrogen and oxygen atoms in total. The van der Waals surface area contributed by atoms with Crippen LogP contribution >= 0.6 is 7.75 Å². The fourth-order valence-corrected chi connectivity index (χ4v) is 7.83. The number of hydrogen-bond acceptors (Lipinski definition) is 7. The molecule has 0 radical (unpaired) electrons. The van der Waals surface area contributed by atoms with E-state index in [1.54, 1.807) is 0 Å². The van der Waals surface area contributed by atoms with Crippen molar-refractivity contribution in [3.05, 3.63) is 0 Å². The van der Waals surface area contributed by atoms with E-state index in [4.69, 9.17) is 13.8 Å². The van der Waals surface area contributed by atoms with Gasteiger partial charge in [-0.05, 0) is 58.0 Å². The summed E-state index contributed by atoms with van der Waals surface area (Å²) in [6, 6.07) is 0. The lowest BCUT2D eigenvalue weighted by Gasteiger charge is -2.21. The summed E-state index contributed by atoms with van der Waals surface area (Å²) in [5.74, 6) is -0.0554. The zero-order valence-electron chi connectivity index (χ0n) is 34.3. The van der Waals surface area contributed by atoms with Crippen molar-refractivity contribution in [2.24, 2.45) is 0 Å². The maximum Gasteiger partial charge on any atom is 0.405 e. The van der Waals surface area contributed by atoms with Gasteiger partial charge in [-0.25, -0.2) is 9.65 Å². The van der Waals surface area contributed by atoms with E-state index in [2.05, 4.69) is 30.8 Å². The quantitative estimate of drug-likeness (QED) is 0.0362. The van der Waals surface area contributed by atoms with Crippen LogP contribution in [0.4, 0.5) is 0 Å². The standard InChI is InChI=1S/C42H87N2O6P/c1-4-7-10-13-16-17-18-22-30-39-48-42(46)33-26-25-29-36-44(37-38-45)35-28-21-19-24-32-41-50-51(47,43-34-27-20-14-11-8-5-2)49-40-31-23-15-12-9-6-3/h45H,4-41H2,1-3H3,(H,43,47). The molecule has 0 aromatic rings. The zero-order valence-corrected chi connectivity index (χ0v) is 35.1. The highest BCUT2D eigenvalue weighted by atomic mass is 31.2. The van der Waals surface area contributed by atoms with Crippen LogP contribution in [0.2, 0.25) is 0 Å². The predicted octanol–water partition coefficient (Wildman–Crippen LogP) is 12.3. The number of rotatable bonds is 43. The molecule has 306 valence electrons. The minimum Gasteiger partial charge on any atom is -0.466 e. The average Bonchev–Trinajstić information content (AvgIpc) is 3.12. The average molecular weight is 747 g/mol. The van der Waals surface area contributed by atoms with Crippen LogP contribution in [-0.4, -0.2) is 68.6 Å². The summed E-state index contributed by atoms with van der Waals surface area (Å²) in [5.41, 5.74) is 0. The highest BCUT2D eigenvalue weighted by Gasteiger charge is 2.23. The summed E-state index contributed by atoms with van der Waals surface area (Å²) in [5, 5.41) is 12.7. The van der Waals surface area contributed by atoms with Crippen molar-refractivity contribution in [1.82, 2.24) is 9.99 Å². The largest absolute Gasteiger partial charge is 0.466 e. The highest BCUT2D eigenvalue weighted by Crippen LogP contribution is 2.44. The number of nitrogens with one attached hydrogen (secondary N) is 1. The zero-order chi connectivity index (χ0) is 37.4. The van der Waals surface area contributed by atoms with Crippen LogP contribution in [0, 0.1) is 0 Å². The van der Waals surface area contributed by atoms with Crippen molar-refractivity contribution in [3.8, 4) is 0 Å². The summed E-state index contributed by atoms with van der Waals surface area (Å²) < 4.78 is 30.6. The Bertz CT molecular complexity index is 737. The van der Waals surface area contributed by atoms with Gasteiger partial charge in [0.25, 0.3) is 0 Å². The van der Waals surface area contributed by atoms with Gasteiger partial charge in [-0.1, -0.05) is 162 Å². The topological polar surface area (TPSA) is 97.3 Å². The van der Waals surface area contributed by atoms with Crippen molar-refractivity contribution >= 4 is 13.7 Å². The van der Waals surface area contributed by atoms with Crippen molar-refractivity contribution in [2.75, 3.05) is 52.6 Å². The van der Waals surface area contributed by atoms with Crippen molar-refractivity contribution in [2.45, 2.75) is 213 Å².